The van der Waals surface area contributed by atoms with Crippen LogP contribution in [0.25, 0.3) is 0 Å². The Labute approximate surface area is 135 Å². The number of thiophene rings is 1. The van der Waals surface area contributed by atoms with Crippen LogP contribution in [0.3, 0.4) is 0 Å². The summed E-state index contributed by atoms with van der Waals surface area (Å²) in [7, 11) is 0. The zero-order valence-electron chi connectivity index (χ0n) is 12.5. The maximum Gasteiger partial charge on any atom is 0.0346 e. The van der Waals surface area contributed by atoms with E-state index in [1.807, 2.05) is 11.3 Å². The quantitative estimate of drug-likeness (QED) is 0.844. The van der Waals surface area contributed by atoms with Gasteiger partial charge in [0.25, 0.3) is 0 Å². The maximum absolute atomic E-state index is 3.79. The lowest BCUT2D eigenvalue weighted by Crippen LogP contribution is -2.68. The summed E-state index contributed by atoms with van der Waals surface area (Å²) in [5, 5.41) is 5.99. The Morgan fingerprint density at radius 2 is 2.05 bits per heavy atom. The molecule has 4 heteroatoms. The van der Waals surface area contributed by atoms with Gasteiger partial charge in [-0.3, -0.25) is 4.90 Å². The number of piperazine rings is 1. The highest BCUT2D eigenvalue weighted by Gasteiger charge is 2.44. The molecule has 3 rings (SSSR count). The normalized spacial score (nSPS) is 25.9. The van der Waals surface area contributed by atoms with Gasteiger partial charge in [-0.05, 0) is 54.1 Å². The summed E-state index contributed by atoms with van der Waals surface area (Å²) in [5.41, 5.74) is 0.629. The minimum Gasteiger partial charge on any atom is -0.309 e. The van der Waals surface area contributed by atoms with Gasteiger partial charge in [0.15, 0.2) is 0 Å². The average molecular weight is 357 g/mol. The standard InChI is InChI=1S/C16H25BrN2S/c1-15(2)12-19(10-14-13(17)6-9-20-14)16(11-18-15)7-4-3-5-8-16/h6,9,18H,3-5,7-8,10-12H2,1-2H3. The van der Waals surface area contributed by atoms with Crippen molar-refractivity contribution < 1.29 is 0 Å². The fourth-order valence-electron chi connectivity index (χ4n) is 3.75. The van der Waals surface area contributed by atoms with E-state index in [1.165, 1.54) is 41.5 Å². The Balaban J connectivity index is 1.83. The predicted octanol–water partition coefficient (Wildman–Crippen LogP) is 4.40. The second-order valence-corrected chi connectivity index (χ2v) is 8.93. The monoisotopic (exact) mass is 356 g/mol. The van der Waals surface area contributed by atoms with Crippen LogP contribution >= 0.6 is 27.3 Å². The van der Waals surface area contributed by atoms with Crippen LogP contribution < -0.4 is 5.32 Å². The molecule has 0 bridgehead atoms. The van der Waals surface area contributed by atoms with Crippen LogP contribution in [0.5, 0.6) is 0 Å². The molecule has 0 radical (unpaired) electrons. The third kappa shape index (κ3) is 2.99. The summed E-state index contributed by atoms with van der Waals surface area (Å²) >= 11 is 5.58. The number of hydrogen-bond donors (Lipinski definition) is 1. The molecule has 1 spiro atoms. The van der Waals surface area contributed by atoms with Gasteiger partial charge >= 0.3 is 0 Å². The van der Waals surface area contributed by atoms with E-state index < -0.39 is 0 Å². The largest absolute Gasteiger partial charge is 0.309 e. The van der Waals surface area contributed by atoms with Crippen LogP contribution in [0.15, 0.2) is 15.9 Å². The second kappa shape index (κ2) is 5.71. The van der Waals surface area contributed by atoms with Gasteiger partial charge in [0.2, 0.25) is 0 Å². The van der Waals surface area contributed by atoms with E-state index in [0.717, 1.165) is 19.6 Å². The van der Waals surface area contributed by atoms with Crippen LogP contribution in [0.1, 0.15) is 50.8 Å². The summed E-state index contributed by atoms with van der Waals surface area (Å²) in [4.78, 5) is 4.26. The highest BCUT2D eigenvalue weighted by molar-refractivity contribution is 9.10. The van der Waals surface area contributed by atoms with Crippen molar-refractivity contribution in [1.82, 2.24) is 10.2 Å². The summed E-state index contributed by atoms with van der Waals surface area (Å²) in [6.45, 7) is 8.07. The third-order valence-electron chi connectivity index (χ3n) is 4.96. The van der Waals surface area contributed by atoms with Crippen molar-refractivity contribution in [2.75, 3.05) is 13.1 Å². The molecule has 1 aromatic rings. The Morgan fingerprint density at radius 1 is 1.30 bits per heavy atom. The van der Waals surface area contributed by atoms with Crippen LogP contribution in [0.4, 0.5) is 0 Å². The zero-order valence-corrected chi connectivity index (χ0v) is 14.9. The van der Waals surface area contributed by atoms with Crippen molar-refractivity contribution in [3.63, 3.8) is 0 Å². The first-order valence-electron chi connectivity index (χ1n) is 7.73. The van der Waals surface area contributed by atoms with Gasteiger partial charge in [-0.25, -0.2) is 0 Å². The lowest BCUT2D eigenvalue weighted by atomic mass is 9.77. The lowest BCUT2D eigenvalue weighted by molar-refractivity contribution is -0.0155. The maximum atomic E-state index is 3.79. The SMILES string of the molecule is CC1(C)CN(Cc2sccc2Br)C2(CCCCC2)CN1. The highest BCUT2D eigenvalue weighted by Crippen LogP contribution is 2.39. The molecule has 1 aliphatic heterocycles. The van der Waals surface area contributed by atoms with E-state index in [-0.39, 0.29) is 5.54 Å². The van der Waals surface area contributed by atoms with Gasteiger partial charge in [0, 0.05) is 40.1 Å². The molecule has 112 valence electrons. The molecule has 0 unspecified atom stereocenters. The van der Waals surface area contributed by atoms with Gasteiger partial charge in [-0.2, -0.15) is 0 Å². The number of halogens is 1. The van der Waals surface area contributed by atoms with Crippen LogP contribution in [0.2, 0.25) is 0 Å². The Kier molecular flexibility index (Phi) is 4.29. The van der Waals surface area contributed by atoms with Crippen LogP contribution in [0, 0.1) is 0 Å². The van der Waals surface area contributed by atoms with Gasteiger partial charge in [0.1, 0.15) is 0 Å². The summed E-state index contributed by atoms with van der Waals surface area (Å²) in [6, 6.07) is 2.18. The van der Waals surface area contributed by atoms with Gasteiger partial charge in [0.05, 0.1) is 0 Å². The first kappa shape index (κ1) is 15.0. The van der Waals surface area contributed by atoms with Crippen LogP contribution in [-0.4, -0.2) is 29.1 Å². The van der Waals surface area contributed by atoms with Crippen molar-refractivity contribution in [2.45, 2.75) is 63.6 Å². The molecule has 0 aromatic carbocycles. The van der Waals surface area contributed by atoms with E-state index in [2.05, 4.69) is 51.4 Å². The first-order valence-corrected chi connectivity index (χ1v) is 9.40. The average Bonchev–Trinajstić information content (AvgIpc) is 2.81. The molecule has 1 aromatic heterocycles. The number of rotatable bonds is 2. The second-order valence-electron chi connectivity index (χ2n) is 7.07. The van der Waals surface area contributed by atoms with Crippen molar-refractivity contribution in [2.24, 2.45) is 0 Å². The van der Waals surface area contributed by atoms with Gasteiger partial charge in [-0.1, -0.05) is 19.3 Å². The number of nitrogens with one attached hydrogen (secondary N) is 1. The van der Waals surface area contributed by atoms with E-state index in [4.69, 9.17) is 0 Å². The molecular weight excluding hydrogens is 332 g/mol. The zero-order chi connectivity index (χ0) is 14.2. The molecule has 1 saturated carbocycles. The first-order chi connectivity index (χ1) is 9.51. The van der Waals surface area contributed by atoms with Crippen molar-refractivity contribution >= 4 is 27.3 Å². The van der Waals surface area contributed by atoms with Crippen molar-refractivity contribution in [1.29, 1.82) is 0 Å². The van der Waals surface area contributed by atoms with E-state index in [0.29, 0.717) is 5.54 Å². The van der Waals surface area contributed by atoms with Crippen molar-refractivity contribution in [3.05, 3.63) is 20.8 Å². The van der Waals surface area contributed by atoms with E-state index in [9.17, 15) is 0 Å². The fraction of sp³-hybridized carbons (Fsp3) is 0.750. The third-order valence-corrected chi connectivity index (χ3v) is 6.87. The molecular formula is C16H25BrN2S. The van der Waals surface area contributed by atoms with Gasteiger partial charge in [-0.15, -0.1) is 11.3 Å². The molecule has 2 nitrogen and oxygen atoms in total. The fourth-order valence-corrected chi connectivity index (χ4v) is 5.25. The molecule has 0 amide bonds. The van der Waals surface area contributed by atoms with Crippen LogP contribution in [-0.2, 0) is 6.54 Å². The molecule has 0 atom stereocenters. The molecule has 1 N–H and O–H groups in total. The molecule has 20 heavy (non-hydrogen) atoms. The van der Waals surface area contributed by atoms with Crippen molar-refractivity contribution in [3.8, 4) is 0 Å². The molecule has 1 saturated heterocycles. The van der Waals surface area contributed by atoms with Gasteiger partial charge < -0.3 is 5.32 Å². The molecule has 2 fully saturated rings. The minimum atomic E-state index is 0.229. The highest BCUT2D eigenvalue weighted by atomic mass is 79.9. The number of hydrogen-bond acceptors (Lipinski definition) is 3. The molecule has 1 aliphatic carbocycles. The van der Waals surface area contributed by atoms with E-state index in [1.54, 1.807) is 0 Å². The summed E-state index contributed by atoms with van der Waals surface area (Å²) < 4.78 is 1.28. The lowest BCUT2D eigenvalue weighted by Gasteiger charge is -2.54. The minimum absolute atomic E-state index is 0.229. The predicted molar refractivity (Wildman–Crippen MR) is 90.3 cm³/mol. The Hall–Kier alpha value is 0.1000. The van der Waals surface area contributed by atoms with E-state index >= 15 is 0 Å². The molecule has 2 heterocycles. The summed E-state index contributed by atoms with van der Waals surface area (Å²) in [6.07, 6.45) is 6.92. The smallest absolute Gasteiger partial charge is 0.0346 e. The Bertz CT molecular complexity index is 463. The summed E-state index contributed by atoms with van der Waals surface area (Å²) in [5.74, 6) is 0. The molecule has 2 aliphatic rings. The Morgan fingerprint density at radius 3 is 2.70 bits per heavy atom. The topological polar surface area (TPSA) is 15.3 Å². The number of nitrogens with zero attached hydrogens (tertiary/aromatic N) is 1.